The summed E-state index contributed by atoms with van der Waals surface area (Å²) in [4.78, 5) is 26.2. The summed E-state index contributed by atoms with van der Waals surface area (Å²) in [6, 6.07) is 0. The van der Waals surface area contributed by atoms with Crippen LogP contribution in [0.25, 0.3) is 0 Å². The van der Waals surface area contributed by atoms with E-state index in [1.807, 2.05) is 0 Å². The Morgan fingerprint density at radius 1 is 1.47 bits per heavy atom. The lowest BCUT2D eigenvalue weighted by Gasteiger charge is -2.37. The third-order valence-electron chi connectivity index (χ3n) is 6.84. The number of fused-ring (bicyclic) bond motifs is 1. The molecule has 11 heteroatoms. The highest BCUT2D eigenvalue weighted by molar-refractivity contribution is 8.68. The maximum Gasteiger partial charge on any atom is 0.330 e. The largest absolute Gasteiger partial charge is 0.352 e. The van der Waals surface area contributed by atoms with Crippen LogP contribution in [0.5, 0.6) is 0 Å². The van der Waals surface area contributed by atoms with Gasteiger partial charge in [0, 0.05) is 16.5 Å². The highest BCUT2D eigenvalue weighted by Gasteiger charge is 2.53. The first kappa shape index (κ1) is 26.3. The zero-order valence-corrected chi connectivity index (χ0v) is 22.5. The van der Waals surface area contributed by atoms with E-state index in [-0.39, 0.29) is 41.9 Å². The highest BCUT2D eigenvalue weighted by Crippen LogP contribution is 2.75. The monoisotopic (exact) mass is 520 g/mol. The summed E-state index contributed by atoms with van der Waals surface area (Å²) in [6.07, 6.45) is 4.82. The van der Waals surface area contributed by atoms with Crippen LogP contribution >= 0.6 is 30.6 Å². The van der Waals surface area contributed by atoms with Gasteiger partial charge in [-0.3, -0.25) is 14.3 Å². The molecule has 3 fully saturated rings. The minimum absolute atomic E-state index is 0. The molecule has 7 nitrogen and oxygen atoms in total. The Balaban J connectivity index is 0.00000289. The minimum Gasteiger partial charge on any atom is -0.352 e. The molecule has 1 aromatic rings. The summed E-state index contributed by atoms with van der Waals surface area (Å²) in [7, 11) is 0. The summed E-state index contributed by atoms with van der Waals surface area (Å²) >= 11 is 7.56. The van der Waals surface area contributed by atoms with E-state index in [4.69, 9.17) is 25.6 Å². The van der Waals surface area contributed by atoms with E-state index in [1.54, 1.807) is 24.5 Å². The van der Waals surface area contributed by atoms with Gasteiger partial charge < -0.3 is 13.8 Å². The fourth-order valence-electron chi connectivity index (χ4n) is 4.65. The van der Waals surface area contributed by atoms with Crippen LogP contribution in [0, 0.1) is 18.8 Å². The molecule has 0 spiro atoms. The first-order valence-corrected chi connectivity index (χ1v) is 14.8. The predicted octanol–water partition coefficient (Wildman–Crippen LogP) is 4.39. The molecule has 4 rings (SSSR count). The average Bonchev–Trinajstić information content (AvgIpc) is 3.18. The zero-order valence-electron chi connectivity index (χ0n) is 19.0. The number of H-pyrrole nitrogens is 1. The van der Waals surface area contributed by atoms with Crippen molar-refractivity contribution < 1.29 is 13.8 Å². The first-order valence-electron chi connectivity index (χ1n) is 10.8. The average molecular weight is 521 g/mol. The molecule has 7 atom stereocenters. The van der Waals surface area contributed by atoms with Crippen LogP contribution in [0.15, 0.2) is 27.9 Å². The molecule has 1 aromatic heterocycles. The van der Waals surface area contributed by atoms with Gasteiger partial charge in [-0.2, -0.15) is 13.5 Å². The second-order valence-corrected chi connectivity index (χ2v) is 16.0. The molecule has 3 aliphatic rings. The third-order valence-corrected chi connectivity index (χ3v) is 12.7. The molecule has 0 aromatic carbocycles. The third kappa shape index (κ3) is 5.16. The lowest BCUT2D eigenvalue weighted by Crippen LogP contribution is -2.39. The van der Waals surface area contributed by atoms with E-state index < -0.39 is 17.6 Å². The molecular formula is C21H33N2O5PS3. The Morgan fingerprint density at radius 3 is 2.88 bits per heavy atom. The molecule has 3 heterocycles. The van der Waals surface area contributed by atoms with Crippen LogP contribution in [-0.4, -0.2) is 33.1 Å². The van der Waals surface area contributed by atoms with Crippen LogP contribution < -0.4 is 11.2 Å². The molecule has 2 aliphatic heterocycles. The maximum absolute atomic E-state index is 12.2. The molecule has 1 N–H and O–H groups in total. The molecule has 0 bridgehead atoms. The van der Waals surface area contributed by atoms with Crippen molar-refractivity contribution >= 4 is 42.4 Å². The maximum atomic E-state index is 12.2. The fourth-order valence-corrected chi connectivity index (χ4v) is 11.8. The van der Waals surface area contributed by atoms with Gasteiger partial charge in [0.05, 0.1) is 18.8 Å². The number of rotatable bonds is 5. The van der Waals surface area contributed by atoms with Gasteiger partial charge in [0.1, 0.15) is 6.23 Å². The molecule has 0 radical (unpaired) electrons. The number of hydrogen-bond acceptors (Lipinski definition) is 7. The van der Waals surface area contributed by atoms with Gasteiger partial charge in [-0.1, -0.05) is 30.5 Å². The number of nitrogens with one attached hydrogen (secondary N) is 1. The van der Waals surface area contributed by atoms with Crippen LogP contribution in [0.1, 0.15) is 58.2 Å². The minimum atomic E-state index is -2.47. The Morgan fingerprint density at radius 2 is 2.19 bits per heavy atom. The quantitative estimate of drug-likeness (QED) is 0.455. The Kier molecular flexibility index (Phi) is 7.98. The summed E-state index contributed by atoms with van der Waals surface area (Å²) in [5.74, 6) is 0.669. The number of ether oxygens (including phenoxy) is 1. The van der Waals surface area contributed by atoms with Gasteiger partial charge in [-0.05, 0) is 70.1 Å². The standard InChI is InChI=1S/C21H31N2O5PS2.H2S/c1-12(2)15-6-7-21(5)17(9-15)28-29(30,31-21)26-11-16-13(3)8-18(27-16)23-10-14(4)19(24)22-20(23)25;/h10,13,15-18H,1,6-9,11H2,2-5H3,(H,22,24,25);1H2/t13-,15+,16+,17-,18+,21-,29-;/m0./s1. The van der Waals surface area contributed by atoms with Crippen molar-refractivity contribution in [2.75, 3.05) is 6.61 Å². The van der Waals surface area contributed by atoms with Crippen molar-refractivity contribution in [3.63, 3.8) is 0 Å². The molecule has 0 amide bonds. The number of nitrogens with zero attached hydrogens (tertiary/aromatic N) is 1. The van der Waals surface area contributed by atoms with E-state index in [9.17, 15) is 9.59 Å². The fraction of sp³-hybridized carbons (Fsp3) is 0.714. The smallest absolute Gasteiger partial charge is 0.330 e. The zero-order chi connectivity index (χ0) is 22.6. The number of aromatic nitrogens is 2. The van der Waals surface area contributed by atoms with Gasteiger partial charge in [-0.25, -0.2) is 4.79 Å². The van der Waals surface area contributed by atoms with E-state index in [0.29, 0.717) is 24.5 Å². The van der Waals surface area contributed by atoms with E-state index in [1.165, 1.54) is 10.1 Å². The van der Waals surface area contributed by atoms with Crippen molar-refractivity contribution in [3.05, 3.63) is 44.8 Å². The van der Waals surface area contributed by atoms with Crippen LogP contribution in [0.3, 0.4) is 0 Å². The molecule has 32 heavy (non-hydrogen) atoms. The summed E-state index contributed by atoms with van der Waals surface area (Å²) in [5, 5.41) is 0. The van der Waals surface area contributed by atoms with Gasteiger partial charge in [0.25, 0.3) is 5.56 Å². The molecule has 1 aliphatic carbocycles. The number of aryl methyl sites for hydroxylation is 1. The van der Waals surface area contributed by atoms with Crippen molar-refractivity contribution in [3.8, 4) is 0 Å². The normalized spacial score (nSPS) is 38.8. The highest BCUT2D eigenvalue weighted by atomic mass is 32.9. The first-order chi connectivity index (χ1) is 14.5. The van der Waals surface area contributed by atoms with Gasteiger partial charge in [-0.15, -0.1) is 0 Å². The van der Waals surface area contributed by atoms with Gasteiger partial charge in [0.15, 0.2) is 0 Å². The Hall–Kier alpha value is -0.350. The number of aromatic amines is 1. The Labute approximate surface area is 205 Å². The lowest BCUT2D eigenvalue weighted by atomic mass is 9.77. The van der Waals surface area contributed by atoms with E-state index in [0.717, 1.165) is 19.3 Å². The van der Waals surface area contributed by atoms with Crippen LogP contribution in [0.4, 0.5) is 0 Å². The SMILES string of the molecule is C=C(C)[C@@H]1CC[C@]2(C)S[P@@](=S)(OC[C@H]3O[C@@H](n4cc(C)c(=O)[nH]c4=O)C[C@@H]3C)O[C@H]2C1.S. The second-order valence-electron chi connectivity index (χ2n) is 9.38. The molecule has 0 unspecified atom stereocenters. The topological polar surface area (TPSA) is 82.5 Å². The predicted molar refractivity (Wildman–Crippen MR) is 137 cm³/mol. The molecule has 1 saturated carbocycles. The van der Waals surface area contributed by atoms with Gasteiger partial charge >= 0.3 is 5.69 Å². The summed E-state index contributed by atoms with van der Waals surface area (Å²) in [5.41, 5.74) is -1.61. The van der Waals surface area contributed by atoms with E-state index in [2.05, 4.69) is 32.3 Å². The Bertz CT molecular complexity index is 1040. The molecule has 180 valence electrons. The molecule has 2 saturated heterocycles. The van der Waals surface area contributed by atoms with Crippen molar-refractivity contribution in [2.45, 2.75) is 76.6 Å². The summed E-state index contributed by atoms with van der Waals surface area (Å²) < 4.78 is 20.2. The number of hydrogen-bond donors (Lipinski definition) is 1. The lowest BCUT2D eigenvalue weighted by molar-refractivity contribution is -0.0273. The second kappa shape index (κ2) is 9.72. The van der Waals surface area contributed by atoms with Crippen LogP contribution in [-0.2, 0) is 25.6 Å². The van der Waals surface area contributed by atoms with Crippen molar-refractivity contribution in [1.82, 2.24) is 9.55 Å². The number of allylic oxidation sites excluding steroid dienone is 1. The van der Waals surface area contributed by atoms with Crippen LogP contribution in [0.2, 0.25) is 0 Å². The van der Waals surface area contributed by atoms with Crippen molar-refractivity contribution in [1.29, 1.82) is 0 Å². The van der Waals surface area contributed by atoms with E-state index >= 15 is 0 Å². The van der Waals surface area contributed by atoms with Gasteiger partial charge in [0.2, 0.25) is 5.69 Å². The van der Waals surface area contributed by atoms with Crippen molar-refractivity contribution in [2.24, 2.45) is 11.8 Å². The molecular weight excluding hydrogens is 487 g/mol. The summed E-state index contributed by atoms with van der Waals surface area (Å²) in [6.45, 7) is 12.5.